The van der Waals surface area contributed by atoms with E-state index in [1.807, 2.05) is 6.92 Å². The lowest BCUT2D eigenvalue weighted by atomic mass is 9.39. The Morgan fingerprint density at radius 2 is 1.67 bits per heavy atom. The van der Waals surface area contributed by atoms with Gasteiger partial charge in [-0.15, -0.1) is 11.6 Å². The second-order valence-electron chi connectivity index (χ2n) is 11.5. The van der Waals surface area contributed by atoms with Crippen LogP contribution in [-0.4, -0.2) is 40.7 Å². The normalized spacial score (nSPS) is 54.4. The van der Waals surface area contributed by atoms with Gasteiger partial charge in [0.15, 0.2) is 0 Å². The Labute approximate surface area is 186 Å². The zero-order chi connectivity index (χ0) is 23.2. The maximum atomic E-state index is 12.0. The number of aliphatic hydroxyl groups is 1. The zero-order valence-electron chi connectivity index (χ0n) is 20.1. The standard InChI is InChI=1S/C24H37ClO5/c1-13(26)29-18-8-9-21(3,4)15-7-10-24-12-22(5,20(19(24)28)30-14(2)27)17(25)11-16(24)23(15,18)6/h15-20,28H,7-12H2,1-6H3/t15?,16?,17-,18+,19-,20-,22-,23-,24+/m1/s1/i17D. The molecule has 4 fully saturated rings. The molecule has 2 unspecified atom stereocenters. The molecule has 4 aliphatic rings. The Morgan fingerprint density at radius 3 is 2.27 bits per heavy atom. The molecule has 0 aromatic rings. The molecule has 4 aliphatic carbocycles. The van der Waals surface area contributed by atoms with E-state index in [4.69, 9.17) is 22.4 Å². The summed E-state index contributed by atoms with van der Waals surface area (Å²) in [4.78, 5) is 23.9. The van der Waals surface area contributed by atoms with Gasteiger partial charge in [-0.25, -0.2) is 0 Å². The lowest BCUT2D eigenvalue weighted by Gasteiger charge is -2.66. The van der Waals surface area contributed by atoms with Crippen molar-refractivity contribution in [2.45, 2.75) is 104 Å². The molecule has 0 aromatic carbocycles. The SMILES string of the molecule is [2H][C@@]1(Cl)CC2[C@]3(CCC4C(C)(C)CC[C@H](OC(C)=O)[C@]42C)C[C@@]1(C)[C@H](OC(C)=O)[C@H]3O. The fourth-order valence-corrected chi connectivity index (χ4v) is 8.71. The molecule has 0 radical (unpaired) electrons. The second kappa shape index (κ2) is 6.84. The molecule has 2 bridgehead atoms. The number of carbonyl (C=O) groups is 2. The smallest absolute Gasteiger partial charge is 0.303 e. The van der Waals surface area contributed by atoms with Gasteiger partial charge in [0.2, 0.25) is 0 Å². The predicted octanol–water partition coefficient (Wildman–Crippen LogP) is 4.47. The monoisotopic (exact) mass is 441 g/mol. The van der Waals surface area contributed by atoms with E-state index in [0.717, 1.165) is 25.7 Å². The highest BCUT2D eigenvalue weighted by atomic mass is 35.5. The van der Waals surface area contributed by atoms with Crippen molar-refractivity contribution in [3.8, 4) is 0 Å². The van der Waals surface area contributed by atoms with E-state index in [1.165, 1.54) is 13.8 Å². The van der Waals surface area contributed by atoms with Gasteiger partial charge in [0.05, 0.1) is 6.10 Å². The number of esters is 2. The van der Waals surface area contributed by atoms with E-state index in [-0.39, 0.29) is 29.3 Å². The Kier molecular flexibility index (Phi) is 4.80. The predicted molar refractivity (Wildman–Crippen MR) is 114 cm³/mol. The van der Waals surface area contributed by atoms with Crippen molar-refractivity contribution in [2.75, 3.05) is 0 Å². The van der Waals surface area contributed by atoms with E-state index in [2.05, 4.69) is 20.8 Å². The molecular weight excluding hydrogens is 404 g/mol. The third-order valence-electron chi connectivity index (χ3n) is 9.59. The first kappa shape index (κ1) is 21.1. The van der Waals surface area contributed by atoms with E-state index < -0.39 is 39.8 Å². The van der Waals surface area contributed by atoms with Crippen LogP contribution in [-0.2, 0) is 19.1 Å². The number of carbonyl (C=O) groups excluding carboxylic acids is 2. The van der Waals surface area contributed by atoms with Crippen LogP contribution in [0.3, 0.4) is 0 Å². The van der Waals surface area contributed by atoms with Gasteiger partial charge in [0.1, 0.15) is 12.2 Å². The minimum Gasteiger partial charge on any atom is -0.462 e. The average molecular weight is 442 g/mol. The van der Waals surface area contributed by atoms with Gasteiger partial charge >= 0.3 is 11.9 Å². The number of aliphatic hydroxyl groups excluding tert-OH is 1. The van der Waals surface area contributed by atoms with Crippen LogP contribution in [0.5, 0.6) is 0 Å². The number of ether oxygens (including phenoxy) is 2. The minimum absolute atomic E-state index is 0.0591. The Bertz CT molecular complexity index is 799. The van der Waals surface area contributed by atoms with Gasteiger partial charge in [-0.3, -0.25) is 9.59 Å². The van der Waals surface area contributed by atoms with Crippen molar-refractivity contribution in [3.63, 3.8) is 0 Å². The summed E-state index contributed by atoms with van der Waals surface area (Å²) in [6, 6.07) is 0. The lowest BCUT2D eigenvalue weighted by molar-refractivity contribution is -0.227. The molecule has 0 amide bonds. The first-order chi connectivity index (χ1) is 14.1. The molecule has 4 saturated carbocycles. The summed E-state index contributed by atoms with van der Waals surface area (Å²) in [6.45, 7) is 11.4. The molecule has 170 valence electrons. The van der Waals surface area contributed by atoms with Crippen LogP contribution < -0.4 is 0 Å². The lowest BCUT2D eigenvalue weighted by Crippen LogP contribution is -2.64. The van der Waals surface area contributed by atoms with E-state index in [9.17, 15) is 14.7 Å². The molecule has 0 saturated heterocycles. The fourth-order valence-electron chi connectivity index (χ4n) is 8.38. The van der Waals surface area contributed by atoms with Crippen LogP contribution in [0.2, 0.25) is 0 Å². The third-order valence-corrected chi connectivity index (χ3v) is 10.2. The molecule has 6 heteroatoms. The van der Waals surface area contributed by atoms with Crippen LogP contribution in [0.25, 0.3) is 0 Å². The molecule has 4 rings (SSSR count). The number of hydrogen-bond acceptors (Lipinski definition) is 5. The molecule has 0 aliphatic heterocycles. The first-order valence-electron chi connectivity index (χ1n) is 11.8. The Morgan fingerprint density at radius 1 is 1.03 bits per heavy atom. The number of halogens is 1. The van der Waals surface area contributed by atoms with Gasteiger partial charge in [-0.2, -0.15) is 0 Å². The molecule has 1 N–H and O–H groups in total. The highest BCUT2D eigenvalue weighted by Crippen LogP contribution is 2.74. The molecule has 1 spiro atoms. The molecule has 5 nitrogen and oxygen atoms in total. The zero-order valence-corrected chi connectivity index (χ0v) is 19.8. The van der Waals surface area contributed by atoms with Crippen LogP contribution in [0.4, 0.5) is 0 Å². The van der Waals surface area contributed by atoms with Crippen molar-refractivity contribution >= 4 is 23.5 Å². The van der Waals surface area contributed by atoms with Crippen molar-refractivity contribution < 1.29 is 25.5 Å². The van der Waals surface area contributed by atoms with Crippen LogP contribution in [0, 0.1) is 33.5 Å². The first-order valence-corrected chi connectivity index (χ1v) is 11.7. The van der Waals surface area contributed by atoms with Crippen LogP contribution >= 0.6 is 11.6 Å². The molecular formula is C24H37ClO5. The number of alkyl halides is 1. The third kappa shape index (κ3) is 2.83. The maximum absolute atomic E-state index is 12.0. The average Bonchev–Trinajstić information content (AvgIpc) is 2.81. The summed E-state index contributed by atoms with van der Waals surface area (Å²) < 4.78 is 20.7. The van der Waals surface area contributed by atoms with E-state index in [1.54, 1.807) is 0 Å². The summed E-state index contributed by atoms with van der Waals surface area (Å²) >= 11 is 6.94. The van der Waals surface area contributed by atoms with E-state index in [0.29, 0.717) is 12.8 Å². The highest BCUT2D eigenvalue weighted by Gasteiger charge is 2.75. The fraction of sp³-hybridized carbons (Fsp3) is 0.917. The van der Waals surface area contributed by atoms with Gasteiger partial charge in [0.25, 0.3) is 0 Å². The summed E-state index contributed by atoms with van der Waals surface area (Å²) in [7, 11) is 0. The number of rotatable bonds is 2. The molecule has 0 heterocycles. The van der Waals surface area contributed by atoms with Gasteiger partial charge in [0, 0.05) is 36.8 Å². The van der Waals surface area contributed by atoms with Gasteiger partial charge < -0.3 is 14.6 Å². The second-order valence-corrected chi connectivity index (χ2v) is 12.0. The molecule has 9 atom stereocenters. The summed E-state index contributed by atoms with van der Waals surface area (Å²) in [5.74, 6) is -0.584. The van der Waals surface area contributed by atoms with E-state index >= 15 is 0 Å². The highest BCUT2D eigenvalue weighted by molar-refractivity contribution is 6.21. The topological polar surface area (TPSA) is 72.8 Å². The van der Waals surface area contributed by atoms with Crippen molar-refractivity contribution in [1.29, 1.82) is 0 Å². The van der Waals surface area contributed by atoms with Crippen LogP contribution in [0.1, 0.15) is 81.4 Å². The minimum atomic E-state index is -1.40. The summed E-state index contributed by atoms with van der Waals surface area (Å²) in [5.41, 5.74) is -1.71. The van der Waals surface area contributed by atoms with Gasteiger partial charge in [-0.05, 0) is 55.8 Å². The van der Waals surface area contributed by atoms with Crippen molar-refractivity contribution in [1.82, 2.24) is 0 Å². The Hall–Kier alpha value is -0.810. The number of hydrogen-bond donors (Lipinski definition) is 1. The summed E-state index contributed by atoms with van der Waals surface area (Å²) in [6.07, 6.45) is 2.37. The largest absolute Gasteiger partial charge is 0.462 e. The van der Waals surface area contributed by atoms with Gasteiger partial charge in [-0.1, -0.05) is 27.7 Å². The summed E-state index contributed by atoms with van der Waals surface area (Å²) in [5, 5.41) is 10.3. The molecule has 30 heavy (non-hydrogen) atoms. The maximum Gasteiger partial charge on any atom is 0.303 e. The number of fused-ring (bicyclic) bond motifs is 3. The Balaban J connectivity index is 1.86. The quantitative estimate of drug-likeness (QED) is 0.505. The van der Waals surface area contributed by atoms with Crippen LogP contribution in [0.15, 0.2) is 0 Å². The van der Waals surface area contributed by atoms with Crippen molar-refractivity contribution in [2.24, 2.45) is 33.5 Å². The van der Waals surface area contributed by atoms with Crippen molar-refractivity contribution in [3.05, 3.63) is 0 Å². The molecule has 0 aromatic heterocycles.